The van der Waals surface area contributed by atoms with Crippen molar-refractivity contribution in [2.75, 3.05) is 7.11 Å². The van der Waals surface area contributed by atoms with Gasteiger partial charge in [0.1, 0.15) is 17.9 Å². The van der Waals surface area contributed by atoms with Crippen molar-refractivity contribution in [2.45, 2.75) is 6.61 Å². The number of benzene rings is 2. The maximum Gasteiger partial charge on any atom is 0.331 e. The number of hydrogen-bond acceptors (Lipinski definition) is 5. The van der Waals surface area contributed by atoms with E-state index < -0.39 is 5.97 Å². The van der Waals surface area contributed by atoms with Gasteiger partial charge in [-0.1, -0.05) is 28.1 Å². The molecule has 0 bridgehead atoms. The zero-order valence-electron chi connectivity index (χ0n) is 12.9. The summed E-state index contributed by atoms with van der Waals surface area (Å²) in [7, 11) is 1.57. The summed E-state index contributed by atoms with van der Waals surface area (Å²) in [5.74, 6) is 0.529. The number of nitrogens with zero attached hydrogens (tertiary/aromatic N) is 1. The van der Waals surface area contributed by atoms with E-state index in [0.717, 1.165) is 15.6 Å². The largest absolute Gasteiger partial charge is 0.496 e. The van der Waals surface area contributed by atoms with E-state index >= 15 is 0 Å². The summed E-state index contributed by atoms with van der Waals surface area (Å²) in [4.78, 5) is 16.1. The first-order valence-electron chi connectivity index (χ1n) is 7.18. The normalized spacial score (nSPS) is 11.1. The van der Waals surface area contributed by atoms with E-state index in [-0.39, 0.29) is 6.61 Å². The second kappa shape index (κ2) is 7.31. The van der Waals surface area contributed by atoms with Crippen LogP contribution in [0, 0.1) is 0 Å². The van der Waals surface area contributed by atoms with Gasteiger partial charge in [0.2, 0.25) is 5.89 Å². The van der Waals surface area contributed by atoms with Crippen LogP contribution in [0.4, 0.5) is 0 Å². The van der Waals surface area contributed by atoms with Gasteiger partial charge in [0, 0.05) is 22.2 Å². The number of aromatic nitrogens is 1. The fraction of sp³-hybridized carbons (Fsp3) is 0.111. The van der Waals surface area contributed by atoms with E-state index in [2.05, 4.69) is 20.9 Å². The second-order valence-electron chi connectivity index (χ2n) is 4.92. The van der Waals surface area contributed by atoms with E-state index in [4.69, 9.17) is 13.9 Å². The Hall–Kier alpha value is -2.60. The highest BCUT2D eigenvalue weighted by Gasteiger charge is 2.07. The highest BCUT2D eigenvalue weighted by Crippen LogP contribution is 2.23. The molecule has 0 fully saturated rings. The highest BCUT2D eigenvalue weighted by atomic mass is 79.9. The zero-order valence-corrected chi connectivity index (χ0v) is 14.4. The number of halogens is 1. The summed E-state index contributed by atoms with van der Waals surface area (Å²) in [6.07, 6.45) is 2.77. The number of fused-ring (bicyclic) bond motifs is 1. The molecule has 0 aliphatic carbocycles. The van der Waals surface area contributed by atoms with Gasteiger partial charge in [-0.05, 0) is 30.3 Å². The molecule has 1 heterocycles. The van der Waals surface area contributed by atoms with E-state index in [1.165, 1.54) is 12.2 Å². The summed E-state index contributed by atoms with van der Waals surface area (Å²) in [5, 5.41) is 0. The summed E-state index contributed by atoms with van der Waals surface area (Å²) < 4.78 is 16.9. The van der Waals surface area contributed by atoms with Crippen LogP contribution in [-0.2, 0) is 16.1 Å². The molecule has 0 N–H and O–H groups in total. The van der Waals surface area contributed by atoms with E-state index in [9.17, 15) is 4.79 Å². The lowest BCUT2D eigenvalue weighted by Gasteiger charge is -2.08. The molecule has 1 aromatic heterocycles. The van der Waals surface area contributed by atoms with Crippen molar-refractivity contribution in [3.63, 3.8) is 0 Å². The van der Waals surface area contributed by atoms with Crippen LogP contribution in [0.5, 0.6) is 5.75 Å². The quantitative estimate of drug-likeness (QED) is 0.480. The number of para-hydroxylation sites is 2. The molecule has 5 nitrogen and oxygen atoms in total. The first kappa shape index (κ1) is 16.3. The van der Waals surface area contributed by atoms with Gasteiger partial charge in [0.15, 0.2) is 5.58 Å². The molecule has 0 radical (unpaired) electrons. The number of oxazole rings is 1. The van der Waals surface area contributed by atoms with Crippen molar-refractivity contribution in [1.29, 1.82) is 0 Å². The predicted molar refractivity (Wildman–Crippen MR) is 93.5 cm³/mol. The summed E-state index contributed by atoms with van der Waals surface area (Å²) in [5.41, 5.74) is 2.18. The minimum Gasteiger partial charge on any atom is -0.496 e. The third-order valence-electron chi connectivity index (χ3n) is 3.28. The number of ether oxygens (including phenoxy) is 2. The molecule has 122 valence electrons. The van der Waals surface area contributed by atoms with Gasteiger partial charge in [0.25, 0.3) is 0 Å². The molecule has 0 amide bonds. The summed E-state index contributed by atoms with van der Waals surface area (Å²) in [6, 6.07) is 12.9. The molecule has 0 saturated carbocycles. The lowest BCUT2D eigenvalue weighted by molar-refractivity contribution is -0.138. The molecule has 0 spiro atoms. The Morgan fingerprint density at radius 3 is 2.92 bits per heavy atom. The number of methoxy groups -OCH3 is 1. The van der Waals surface area contributed by atoms with E-state index in [1.54, 1.807) is 13.2 Å². The standard InChI is InChI=1S/C18H14BrNO4/c1-22-15-7-6-13(19)10-12(15)11-23-18(21)9-8-17-20-14-4-2-3-5-16(14)24-17/h2-10H,11H2,1H3/b9-8+. The Morgan fingerprint density at radius 2 is 2.12 bits per heavy atom. The molecule has 24 heavy (non-hydrogen) atoms. The van der Waals surface area contributed by atoms with Crippen LogP contribution < -0.4 is 4.74 Å². The molecule has 0 aliphatic rings. The maximum atomic E-state index is 11.9. The lowest BCUT2D eigenvalue weighted by atomic mass is 10.2. The topological polar surface area (TPSA) is 61.6 Å². The van der Waals surface area contributed by atoms with Gasteiger partial charge in [0.05, 0.1) is 7.11 Å². The van der Waals surface area contributed by atoms with Gasteiger partial charge in [-0.15, -0.1) is 0 Å². The zero-order chi connectivity index (χ0) is 16.9. The molecule has 0 saturated heterocycles. The lowest BCUT2D eigenvalue weighted by Crippen LogP contribution is -2.02. The van der Waals surface area contributed by atoms with Gasteiger partial charge < -0.3 is 13.9 Å². The fourth-order valence-electron chi connectivity index (χ4n) is 2.16. The van der Waals surface area contributed by atoms with Crippen LogP contribution in [0.2, 0.25) is 0 Å². The monoisotopic (exact) mass is 387 g/mol. The van der Waals surface area contributed by atoms with Gasteiger partial charge in [-0.25, -0.2) is 9.78 Å². The molecule has 0 unspecified atom stereocenters. The van der Waals surface area contributed by atoms with Crippen LogP contribution in [0.25, 0.3) is 17.2 Å². The molecule has 3 aromatic rings. The number of hydrogen-bond donors (Lipinski definition) is 0. The Morgan fingerprint density at radius 1 is 1.29 bits per heavy atom. The van der Waals surface area contributed by atoms with Crippen LogP contribution in [-0.4, -0.2) is 18.1 Å². The van der Waals surface area contributed by atoms with Crippen LogP contribution >= 0.6 is 15.9 Å². The third-order valence-corrected chi connectivity index (χ3v) is 3.78. The predicted octanol–water partition coefficient (Wildman–Crippen LogP) is 4.36. The Balaban J connectivity index is 1.64. The van der Waals surface area contributed by atoms with Crippen molar-refractivity contribution in [2.24, 2.45) is 0 Å². The molecular formula is C18H14BrNO4. The van der Waals surface area contributed by atoms with Crippen LogP contribution in [0.1, 0.15) is 11.5 Å². The molecule has 0 atom stereocenters. The van der Waals surface area contributed by atoms with Gasteiger partial charge in [-0.2, -0.15) is 0 Å². The van der Waals surface area contributed by atoms with Crippen molar-refractivity contribution >= 4 is 39.1 Å². The Bertz CT molecular complexity index is 868. The number of carbonyl (C=O) groups is 1. The van der Waals surface area contributed by atoms with Crippen LogP contribution in [0.15, 0.2) is 57.4 Å². The van der Waals surface area contributed by atoms with Gasteiger partial charge >= 0.3 is 5.97 Å². The molecule has 0 aliphatic heterocycles. The highest BCUT2D eigenvalue weighted by molar-refractivity contribution is 9.10. The van der Waals surface area contributed by atoms with E-state index in [0.29, 0.717) is 17.2 Å². The first-order chi connectivity index (χ1) is 11.7. The summed E-state index contributed by atoms with van der Waals surface area (Å²) >= 11 is 3.38. The minimum atomic E-state index is -0.487. The fourth-order valence-corrected chi connectivity index (χ4v) is 2.57. The molecule has 2 aromatic carbocycles. The second-order valence-corrected chi connectivity index (χ2v) is 5.83. The van der Waals surface area contributed by atoms with Gasteiger partial charge in [-0.3, -0.25) is 0 Å². The smallest absolute Gasteiger partial charge is 0.331 e. The Labute approximate surface area is 147 Å². The summed E-state index contributed by atoms with van der Waals surface area (Å²) in [6.45, 7) is 0.110. The third kappa shape index (κ3) is 3.83. The van der Waals surface area contributed by atoms with Crippen molar-refractivity contribution in [3.8, 4) is 5.75 Å². The average molecular weight is 388 g/mol. The van der Waals surface area contributed by atoms with Crippen molar-refractivity contribution < 1.29 is 18.7 Å². The SMILES string of the molecule is COc1ccc(Br)cc1COC(=O)/C=C/c1nc2ccccc2o1. The number of carbonyl (C=O) groups excluding carboxylic acids is 1. The molecule has 6 heteroatoms. The van der Waals surface area contributed by atoms with Crippen molar-refractivity contribution in [3.05, 3.63) is 64.5 Å². The van der Waals surface area contributed by atoms with Crippen molar-refractivity contribution in [1.82, 2.24) is 4.98 Å². The molecule has 3 rings (SSSR count). The van der Waals surface area contributed by atoms with Crippen LogP contribution in [0.3, 0.4) is 0 Å². The average Bonchev–Trinajstić information content (AvgIpc) is 3.01. The minimum absolute atomic E-state index is 0.110. The maximum absolute atomic E-state index is 11.9. The number of esters is 1. The van der Waals surface area contributed by atoms with E-state index in [1.807, 2.05) is 36.4 Å². The first-order valence-corrected chi connectivity index (χ1v) is 7.98. The molecular weight excluding hydrogens is 374 g/mol. The Kier molecular flexibility index (Phi) is 4.96. The number of rotatable bonds is 5.